The van der Waals surface area contributed by atoms with Gasteiger partial charge in [0.15, 0.2) is 6.61 Å². The van der Waals surface area contributed by atoms with Gasteiger partial charge in [-0.25, -0.2) is 9.18 Å². The highest BCUT2D eigenvalue weighted by Crippen LogP contribution is 2.42. The molecule has 0 aliphatic rings. The van der Waals surface area contributed by atoms with E-state index in [-0.39, 0.29) is 21.7 Å². The normalized spacial score (nSPS) is 10.6. The predicted molar refractivity (Wildman–Crippen MR) is 144 cm³/mol. The number of hydrogen-bond donors (Lipinski definition) is 2. The lowest BCUT2D eigenvalue weighted by Gasteiger charge is -2.20. The van der Waals surface area contributed by atoms with E-state index in [1.54, 1.807) is 24.3 Å². The van der Waals surface area contributed by atoms with Gasteiger partial charge in [-0.1, -0.05) is 78.9 Å². The predicted octanol–water partition coefficient (Wildman–Crippen LogP) is 6.28. The van der Waals surface area contributed by atoms with Crippen LogP contribution in [-0.2, 0) is 17.6 Å². The summed E-state index contributed by atoms with van der Waals surface area (Å²) in [5.41, 5.74) is 3.62. The lowest BCUT2D eigenvalue weighted by atomic mass is 9.93. The summed E-state index contributed by atoms with van der Waals surface area (Å²) in [5, 5.41) is 12.2. The van der Waals surface area contributed by atoms with Crippen LogP contribution < -0.4 is 10.1 Å². The fourth-order valence-electron chi connectivity index (χ4n) is 4.09. The second-order valence-electron chi connectivity index (χ2n) is 8.42. The average molecular weight is 562 g/mol. The standard InChI is InChI=1S/C30H25BrFNO4/c31-28-27(30(36)33-16-15-20-9-3-1-4-10-20)22(17-21-11-5-2-6-12-21)18-24(29(28)37-19-26(34)35)23-13-7-8-14-25(23)32/h1-14,18H,15-17,19H2,(H,33,36)(H,34,35). The van der Waals surface area contributed by atoms with Gasteiger partial charge in [-0.15, -0.1) is 0 Å². The highest BCUT2D eigenvalue weighted by molar-refractivity contribution is 9.10. The van der Waals surface area contributed by atoms with Crippen molar-refractivity contribution in [2.45, 2.75) is 12.8 Å². The van der Waals surface area contributed by atoms with Gasteiger partial charge in [-0.2, -0.15) is 0 Å². The van der Waals surface area contributed by atoms with Crippen LogP contribution in [0.2, 0.25) is 0 Å². The van der Waals surface area contributed by atoms with Crippen molar-refractivity contribution in [3.63, 3.8) is 0 Å². The summed E-state index contributed by atoms with van der Waals surface area (Å²) in [5.74, 6) is -1.92. The Labute approximate surface area is 223 Å². The number of amides is 1. The van der Waals surface area contributed by atoms with Crippen molar-refractivity contribution < 1.29 is 23.8 Å². The van der Waals surface area contributed by atoms with Crippen LogP contribution in [0.25, 0.3) is 11.1 Å². The van der Waals surface area contributed by atoms with E-state index in [2.05, 4.69) is 21.2 Å². The highest BCUT2D eigenvalue weighted by Gasteiger charge is 2.25. The van der Waals surface area contributed by atoms with Crippen LogP contribution >= 0.6 is 15.9 Å². The Morgan fingerprint density at radius 2 is 1.49 bits per heavy atom. The number of ether oxygens (including phenoxy) is 1. The second-order valence-corrected chi connectivity index (χ2v) is 9.21. The zero-order chi connectivity index (χ0) is 26.2. The van der Waals surface area contributed by atoms with E-state index in [9.17, 15) is 19.1 Å². The molecule has 0 fully saturated rings. The van der Waals surface area contributed by atoms with Crippen LogP contribution in [0.1, 0.15) is 27.0 Å². The molecule has 4 aromatic carbocycles. The molecule has 0 saturated heterocycles. The molecule has 7 heteroatoms. The summed E-state index contributed by atoms with van der Waals surface area (Å²) >= 11 is 3.50. The number of carbonyl (C=O) groups is 2. The van der Waals surface area contributed by atoms with E-state index >= 15 is 0 Å². The topological polar surface area (TPSA) is 75.6 Å². The Morgan fingerprint density at radius 3 is 2.14 bits per heavy atom. The maximum atomic E-state index is 14.9. The molecule has 0 bridgehead atoms. The van der Waals surface area contributed by atoms with E-state index < -0.39 is 18.4 Å². The van der Waals surface area contributed by atoms with Crippen LogP contribution in [-0.4, -0.2) is 30.1 Å². The molecule has 4 rings (SSSR count). The molecule has 0 atom stereocenters. The number of hydrogen-bond acceptors (Lipinski definition) is 3. The number of aliphatic carboxylic acids is 1. The Morgan fingerprint density at radius 1 is 0.865 bits per heavy atom. The number of benzene rings is 4. The van der Waals surface area contributed by atoms with Crippen molar-refractivity contribution in [2.24, 2.45) is 0 Å². The molecule has 0 saturated carbocycles. The molecule has 0 heterocycles. The van der Waals surface area contributed by atoms with Gasteiger partial charge < -0.3 is 15.2 Å². The van der Waals surface area contributed by atoms with Crippen molar-refractivity contribution in [1.29, 1.82) is 0 Å². The third-order valence-electron chi connectivity index (χ3n) is 5.81. The first-order valence-corrected chi connectivity index (χ1v) is 12.5. The van der Waals surface area contributed by atoms with Gasteiger partial charge in [0.05, 0.1) is 10.0 Å². The first-order chi connectivity index (χ1) is 17.9. The molecule has 0 unspecified atom stereocenters. The van der Waals surface area contributed by atoms with Gasteiger partial charge in [-0.3, -0.25) is 4.79 Å². The number of rotatable bonds is 10. The quantitative estimate of drug-likeness (QED) is 0.239. The van der Waals surface area contributed by atoms with Crippen LogP contribution in [0.4, 0.5) is 4.39 Å². The summed E-state index contributed by atoms with van der Waals surface area (Å²) in [6.45, 7) is -0.242. The van der Waals surface area contributed by atoms with E-state index in [1.807, 2.05) is 60.7 Å². The van der Waals surface area contributed by atoms with E-state index in [4.69, 9.17) is 4.74 Å². The molecule has 0 aliphatic heterocycles. The number of carboxylic acids is 1. The maximum absolute atomic E-state index is 14.9. The molecule has 188 valence electrons. The third-order valence-corrected chi connectivity index (χ3v) is 6.57. The number of halogens is 2. The van der Waals surface area contributed by atoms with Crippen molar-refractivity contribution in [3.05, 3.63) is 124 Å². The van der Waals surface area contributed by atoms with E-state index in [0.717, 1.165) is 11.1 Å². The largest absolute Gasteiger partial charge is 0.480 e. The maximum Gasteiger partial charge on any atom is 0.341 e. The van der Waals surface area contributed by atoms with E-state index in [1.165, 1.54) is 6.07 Å². The molecule has 0 radical (unpaired) electrons. The molecule has 0 aromatic heterocycles. The summed E-state index contributed by atoms with van der Waals surface area (Å²) in [6.07, 6.45) is 1.05. The Bertz CT molecular complexity index is 1390. The zero-order valence-electron chi connectivity index (χ0n) is 19.9. The van der Waals surface area contributed by atoms with Crippen LogP contribution in [0.5, 0.6) is 5.75 Å². The summed E-state index contributed by atoms with van der Waals surface area (Å²) < 4.78 is 20.8. The minimum absolute atomic E-state index is 0.0949. The Kier molecular flexibility index (Phi) is 8.69. The number of nitrogens with one attached hydrogen (secondary N) is 1. The second kappa shape index (κ2) is 12.3. The first-order valence-electron chi connectivity index (χ1n) is 11.7. The molecule has 1 amide bonds. The van der Waals surface area contributed by atoms with Crippen molar-refractivity contribution in [2.75, 3.05) is 13.2 Å². The lowest BCUT2D eigenvalue weighted by Crippen LogP contribution is -2.27. The van der Waals surface area contributed by atoms with Crippen LogP contribution in [0, 0.1) is 5.82 Å². The number of carbonyl (C=O) groups excluding carboxylic acids is 1. The molecule has 0 spiro atoms. The third kappa shape index (κ3) is 6.62. The lowest BCUT2D eigenvalue weighted by molar-refractivity contribution is -0.139. The van der Waals surface area contributed by atoms with Gasteiger partial charge in [0.1, 0.15) is 11.6 Å². The summed E-state index contributed by atoms with van der Waals surface area (Å²) in [7, 11) is 0. The van der Waals surface area contributed by atoms with Gasteiger partial charge >= 0.3 is 5.97 Å². The molecule has 2 N–H and O–H groups in total. The molecular weight excluding hydrogens is 537 g/mol. The molecule has 4 aromatic rings. The molecule has 0 aliphatic carbocycles. The van der Waals surface area contributed by atoms with Gasteiger partial charge in [-0.05, 0) is 57.6 Å². The fraction of sp³-hybridized carbons (Fsp3) is 0.133. The van der Waals surface area contributed by atoms with Gasteiger partial charge in [0, 0.05) is 17.7 Å². The number of carboxylic acid groups (broad SMARTS) is 1. The van der Waals surface area contributed by atoms with Crippen LogP contribution in [0.3, 0.4) is 0 Å². The monoisotopic (exact) mass is 561 g/mol. The molecule has 5 nitrogen and oxygen atoms in total. The molecule has 37 heavy (non-hydrogen) atoms. The van der Waals surface area contributed by atoms with Gasteiger partial charge in [0.2, 0.25) is 0 Å². The van der Waals surface area contributed by atoms with Crippen molar-refractivity contribution in [1.82, 2.24) is 5.32 Å². The fourth-order valence-corrected chi connectivity index (χ4v) is 4.86. The SMILES string of the molecule is O=C(O)COc1c(-c2ccccc2F)cc(Cc2ccccc2)c(C(=O)NCCc2ccccc2)c1Br. The van der Waals surface area contributed by atoms with Gasteiger partial charge in [0.25, 0.3) is 5.91 Å². The average Bonchev–Trinajstić information content (AvgIpc) is 2.89. The van der Waals surface area contributed by atoms with Crippen LogP contribution in [0.15, 0.2) is 95.5 Å². The zero-order valence-corrected chi connectivity index (χ0v) is 21.5. The Balaban J connectivity index is 1.78. The summed E-state index contributed by atoms with van der Waals surface area (Å²) in [4.78, 5) is 24.8. The Hall–Kier alpha value is -3.97. The minimum Gasteiger partial charge on any atom is -0.480 e. The summed E-state index contributed by atoms with van der Waals surface area (Å²) in [6, 6.07) is 27.3. The van der Waals surface area contributed by atoms with E-state index in [0.29, 0.717) is 36.1 Å². The molecular formula is C30H25BrFNO4. The first kappa shape index (κ1) is 26.1. The van der Waals surface area contributed by atoms with Crippen molar-refractivity contribution in [3.8, 4) is 16.9 Å². The smallest absolute Gasteiger partial charge is 0.341 e. The highest BCUT2D eigenvalue weighted by atomic mass is 79.9. The minimum atomic E-state index is -1.19. The van der Waals surface area contributed by atoms with Crippen molar-refractivity contribution >= 4 is 27.8 Å².